The fourth-order valence-electron chi connectivity index (χ4n) is 1.72. The molecule has 1 heterocycles. The van der Waals surface area contributed by atoms with Gasteiger partial charge < -0.3 is 5.73 Å². The van der Waals surface area contributed by atoms with Crippen molar-refractivity contribution < 1.29 is 4.57 Å². The van der Waals surface area contributed by atoms with Crippen LogP contribution in [-0.2, 0) is 13.0 Å². The van der Waals surface area contributed by atoms with Crippen molar-refractivity contribution in [3.8, 4) is 0 Å². The molecule has 2 heteroatoms. The molecule has 0 fully saturated rings. The lowest BCUT2D eigenvalue weighted by Gasteiger charge is -2.01. The van der Waals surface area contributed by atoms with E-state index in [1.54, 1.807) is 0 Å². The van der Waals surface area contributed by atoms with Crippen molar-refractivity contribution >= 4 is 5.69 Å². The normalized spacial score (nSPS) is 10.3. The molecule has 16 heavy (non-hydrogen) atoms. The molecule has 0 spiro atoms. The lowest BCUT2D eigenvalue weighted by atomic mass is 10.1. The maximum atomic E-state index is 5.78. The first-order valence-corrected chi connectivity index (χ1v) is 5.55. The molecule has 0 saturated heterocycles. The zero-order chi connectivity index (χ0) is 11.4. The minimum absolute atomic E-state index is 0.857. The van der Waals surface area contributed by atoms with Crippen molar-refractivity contribution in [2.24, 2.45) is 0 Å². The highest BCUT2D eigenvalue weighted by molar-refractivity contribution is 5.41. The molecule has 0 aliphatic carbocycles. The van der Waals surface area contributed by atoms with Gasteiger partial charge >= 0.3 is 0 Å². The van der Waals surface area contributed by atoms with E-state index in [2.05, 4.69) is 35.0 Å². The Hall–Kier alpha value is -1.83. The molecule has 2 nitrogen and oxygen atoms in total. The highest BCUT2D eigenvalue weighted by atomic mass is 14.9. The third kappa shape index (κ3) is 2.60. The molecule has 0 atom stereocenters. The third-order valence-corrected chi connectivity index (χ3v) is 2.76. The first-order valence-electron chi connectivity index (χ1n) is 5.55. The molecule has 0 bridgehead atoms. The summed E-state index contributed by atoms with van der Waals surface area (Å²) in [4.78, 5) is 0. The highest BCUT2D eigenvalue weighted by Crippen LogP contribution is 2.05. The molecule has 82 valence electrons. The highest BCUT2D eigenvalue weighted by Gasteiger charge is 2.03. The quantitative estimate of drug-likeness (QED) is 0.778. The molecule has 2 rings (SSSR count). The Kier molecular flexibility index (Phi) is 3.20. The van der Waals surface area contributed by atoms with E-state index >= 15 is 0 Å². The van der Waals surface area contributed by atoms with Crippen LogP contribution in [0.3, 0.4) is 0 Å². The predicted molar refractivity (Wildman–Crippen MR) is 65.9 cm³/mol. The number of nitrogens with zero attached hydrogens (tertiary/aromatic N) is 1. The average molecular weight is 213 g/mol. The van der Waals surface area contributed by atoms with Gasteiger partial charge in [-0.05, 0) is 12.5 Å². The summed E-state index contributed by atoms with van der Waals surface area (Å²) < 4.78 is 2.18. The van der Waals surface area contributed by atoms with Gasteiger partial charge in [0, 0.05) is 23.7 Å². The van der Waals surface area contributed by atoms with Crippen LogP contribution >= 0.6 is 0 Å². The maximum absolute atomic E-state index is 5.78. The minimum atomic E-state index is 0.857. The minimum Gasteiger partial charge on any atom is -0.398 e. The van der Waals surface area contributed by atoms with Crippen molar-refractivity contribution in [2.75, 3.05) is 5.73 Å². The molecule has 2 N–H and O–H groups in total. The van der Waals surface area contributed by atoms with Gasteiger partial charge in [-0.3, -0.25) is 0 Å². The molecule has 2 aromatic rings. The van der Waals surface area contributed by atoms with Crippen LogP contribution in [0.25, 0.3) is 0 Å². The first kappa shape index (κ1) is 10.7. The van der Waals surface area contributed by atoms with Gasteiger partial charge in [0.25, 0.3) is 0 Å². The van der Waals surface area contributed by atoms with Crippen molar-refractivity contribution in [3.05, 3.63) is 59.9 Å². The van der Waals surface area contributed by atoms with E-state index < -0.39 is 0 Å². The van der Waals surface area contributed by atoms with Gasteiger partial charge in [-0.2, -0.15) is 0 Å². The SMILES string of the molecule is Cc1c[n+](CCc2ccccc2)ccc1N. The molecular formula is C14H17N2+. The summed E-state index contributed by atoms with van der Waals surface area (Å²) in [6.45, 7) is 3.03. The molecule has 0 amide bonds. The number of rotatable bonds is 3. The topological polar surface area (TPSA) is 29.9 Å². The second-order valence-corrected chi connectivity index (χ2v) is 4.06. The van der Waals surface area contributed by atoms with E-state index in [1.165, 1.54) is 5.56 Å². The number of nitrogen functional groups attached to an aromatic ring is 1. The van der Waals surface area contributed by atoms with Crippen LogP contribution < -0.4 is 10.3 Å². The molecule has 0 aliphatic heterocycles. The molecule has 1 aromatic carbocycles. The van der Waals surface area contributed by atoms with Gasteiger partial charge in [0.05, 0.1) is 0 Å². The number of benzene rings is 1. The fourth-order valence-corrected chi connectivity index (χ4v) is 1.72. The summed E-state index contributed by atoms with van der Waals surface area (Å²) in [5, 5.41) is 0. The van der Waals surface area contributed by atoms with Gasteiger partial charge in [0.15, 0.2) is 18.9 Å². The van der Waals surface area contributed by atoms with Crippen molar-refractivity contribution in [3.63, 3.8) is 0 Å². The van der Waals surface area contributed by atoms with Crippen molar-refractivity contribution in [2.45, 2.75) is 19.9 Å². The number of aromatic nitrogens is 1. The van der Waals surface area contributed by atoms with Gasteiger partial charge in [-0.15, -0.1) is 0 Å². The Balaban J connectivity index is 2.03. The predicted octanol–water partition coefficient (Wildman–Crippen LogP) is 2.11. The summed E-state index contributed by atoms with van der Waals surface area (Å²) in [7, 11) is 0. The van der Waals surface area contributed by atoms with E-state index in [9.17, 15) is 0 Å². The summed E-state index contributed by atoms with van der Waals surface area (Å²) in [5.74, 6) is 0. The smallest absolute Gasteiger partial charge is 0.173 e. The molecule has 0 radical (unpaired) electrons. The number of hydrogen-bond acceptors (Lipinski definition) is 1. The van der Waals surface area contributed by atoms with Gasteiger partial charge in [0.1, 0.15) is 0 Å². The number of nitrogens with two attached hydrogens (primary N) is 1. The summed E-state index contributed by atoms with van der Waals surface area (Å²) >= 11 is 0. The summed E-state index contributed by atoms with van der Waals surface area (Å²) in [6, 6.07) is 12.5. The fraction of sp³-hybridized carbons (Fsp3) is 0.214. The number of anilines is 1. The lowest BCUT2D eigenvalue weighted by molar-refractivity contribution is -0.696. The van der Waals surface area contributed by atoms with Crippen LogP contribution in [0.5, 0.6) is 0 Å². The van der Waals surface area contributed by atoms with E-state index in [-0.39, 0.29) is 0 Å². The van der Waals surface area contributed by atoms with Gasteiger partial charge in [-0.1, -0.05) is 30.3 Å². The summed E-state index contributed by atoms with van der Waals surface area (Å²) in [6.07, 6.45) is 5.18. The third-order valence-electron chi connectivity index (χ3n) is 2.76. The van der Waals surface area contributed by atoms with Crippen LogP contribution in [0.4, 0.5) is 5.69 Å². The van der Waals surface area contributed by atoms with Crippen LogP contribution in [0.2, 0.25) is 0 Å². The molecular weight excluding hydrogens is 196 g/mol. The van der Waals surface area contributed by atoms with Gasteiger partial charge in [-0.25, -0.2) is 4.57 Å². The molecule has 0 unspecified atom stereocenters. The summed E-state index contributed by atoms with van der Waals surface area (Å²) in [5.41, 5.74) is 9.14. The zero-order valence-electron chi connectivity index (χ0n) is 9.56. The average Bonchev–Trinajstić information content (AvgIpc) is 2.32. The monoisotopic (exact) mass is 213 g/mol. The van der Waals surface area contributed by atoms with E-state index in [1.807, 2.05) is 25.3 Å². The van der Waals surface area contributed by atoms with E-state index in [0.29, 0.717) is 0 Å². The number of hydrogen-bond donors (Lipinski definition) is 1. The Morgan fingerprint density at radius 2 is 1.88 bits per heavy atom. The number of aryl methyl sites for hydroxylation is 3. The van der Waals surface area contributed by atoms with Crippen LogP contribution in [0.15, 0.2) is 48.8 Å². The first-order chi connectivity index (χ1) is 7.75. The maximum Gasteiger partial charge on any atom is 0.173 e. The lowest BCUT2D eigenvalue weighted by Crippen LogP contribution is -2.34. The van der Waals surface area contributed by atoms with Crippen molar-refractivity contribution in [1.29, 1.82) is 0 Å². The largest absolute Gasteiger partial charge is 0.398 e. The second kappa shape index (κ2) is 4.79. The Morgan fingerprint density at radius 3 is 2.56 bits per heavy atom. The molecule has 1 aromatic heterocycles. The molecule has 0 aliphatic rings. The second-order valence-electron chi connectivity index (χ2n) is 4.06. The van der Waals surface area contributed by atoms with Crippen LogP contribution in [0.1, 0.15) is 11.1 Å². The van der Waals surface area contributed by atoms with Crippen molar-refractivity contribution in [1.82, 2.24) is 0 Å². The van der Waals surface area contributed by atoms with Gasteiger partial charge in [0.2, 0.25) is 0 Å². The van der Waals surface area contributed by atoms with E-state index in [4.69, 9.17) is 5.73 Å². The van der Waals surface area contributed by atoms with Crippen LogP contribution in [-0.4, -0.2) is 0 Å². The zero-order valence-corrected chi connectivity index (χ0v) is 9.56. The van der Waals surface area contributed by atoms with Crippen LogP contribution in [0, 0.1) is 6.92 Å². The van der Waals surface area contributed by atoms with E-state index in [0.717, 1.165) is 24.2 Å². The standard InChI is InChI=1S/C14H16N2/c1-12-11-16(10-8-14(12)15)9-7-13-5-3-2-4-6-13/h2-6,8,10-11,15H,7,9H2,1H3/p+1. The Bertz CT molecular complexity index is 463. The molecule has 0 saturated carbocycles. The Morgan fingerprint density at radius 1 is 1.12 bits per heavy atom. The Labute approximate surface area is 96.4 Å². The number of pyridine rings is 1.